The summed E-state index contributed by atoms with van der Waals surface area (Å²) in [7, 11) is 0. The molecule has 0 rings (SSSR count). The summed E-state index contributed by atoms with van der Waals surface area (Å²) >= 11 is 0. The standard InChI is InChI=1S/C8H18N2/c1-6-9-10(7(2)3)8(4)5/h6-8H,1-5H3/b9-6+. The van der Waals surface area contributed by atoms with Crippen LogP contribution in [0.3, 0.4) is 0 Å². The lowest BCUT2D eigenvalue weighted by molar-refractivity contribution is 0.184. The molecule has 0 unspecified atom stereocenters. The van der Waals surface area contributed by atoms with Crippen LogP contribution < -0.4 is 0 Å². The van der Waals surface area contributed by atoms with Crippen LogP contribution in [0.15, 0.2) is 5.10 Å². The summed E-state index contributed by atoms with van der Waals surface area (Å²) in [6, 6.07) is 0.993. The largest absolute Gasteiger partial charge is 0.292 e. The molecule has 0 aliphatic heterocycles. The Hall–Kier alpha value is -0.530. The molecule has 0 fully saturated rings. The van der Waals surface area contributed by atoms with Crippen molar-refractivity contribution >= 4 is 6.21 Å². The van der Waals surface area contributed by atoms with E-state index in [2.05, 4.69) is 37.8 Å². The molecule has 0 saturated heterocycles. The Labute approximate surface area is 63.9 Å². The summed E-state index contributed by atoms with van der Waals surface area (Å²) in [4.78, 5) is 0. The van der Waals surface area contributed by atoms with Crippen LogP contribution in [0.2, 0.25) is 0 Å². The average Bonchev–Trinajstić information content (AvgIpc) is 1.81. The molecule has 0 aliphatic rings. The van der Waals surface area contributed by atoms with Gasteiger partial charge < -0.3 is 0 Å². The van der Waals surface area contributed by atoms with Crippen molar-refractivity contribution in [2.45, 2.75) is 46.7 Å². The van der Waals surface area contributed by atoms with Gasteiger partial charge in [-0.2, -0.15) is 5.10 Å². The van der Waals surface area contributed by atoms with Gasteiger partial charge in [-0.05, 0) is 34.6 Å². The lowest BCUT2D eigenvalue weighted by atomic mass is 10.3. The molecule has 0 aromatic heterocycles. The van der Waals surface area contributed by atoms with Crippen molar-refractivity contribution in [2.75, 3.05) is 0 Å². The lowest BCUT2D eigenvalue weighted by Gasteiger charge is -2.27. The first-order chi connectivity index (χ1) is 4.59. The Morgan fingerprint density at radius 2 is 1.50 bits per heavy atom. The number of rotatable bonds is 3. The van der Waals surface area contributed by atoms with Crippen molar-refractivity contribution in [3.8, 4) is 0 Å². The van der Waals surface area contributed by atoms with E-state index in [1.165, 1.54) is 0 Å². The van der Waals surface area contributed by atoms with Gasteiger partial charge in [0.15, 0.2) is 0 Å². The maximum atomic E-state index is 4.23. The minimum Gasteiger partial charge on any atom is -0.292 e. The fourth-order valence-electron chi connectivity index (χ4n) is 0.996. The second-order valence-electron chi connectivity index (χ2n) is 2.94. The average molecular weight is 142 g/mol. The Balaban J connectivity index is 3.98. The number of hydrazone groups is 1. The number of hydrogen-bond donors (Lipinski definition) is 0. The molecule has 0 aliphatic carbocycles. The number of hydrogen-bond acceptors (Lipinski definition) is 2. The second kappa shape index (κ2) is 4.31. The van der Waals surface area contributed by atoms with E-state index in [1.54, 1.807) is 0 Å². The van der Waals surface area contributed by atoms with Crippen LogP contribution in [0, 0.1) is 0 Å². The molecule has 0 N–H and O–H groups in total. The third-order valence-electron chi connectivity index (χ3n) is 1.31. The molecule has 0 spiro atoms. The van der Waals surface area contributed by atoms with Crippen molar-refractivity contribution in [3.05, 3.63) is 0 Å². The highest BCUT2D eigenvalue weighted by molar-refractivity contribution is 5.52. The van der Waals surface area contributed by atoms with Crippen LogP contribution >= 0.6 is 0 Å². The monoisotopic (exact) mass is 142 g/mol. The zero-order valence-electron chi connectivity index (χ0n) is 7.63. The van der Waals surface area contributed by atoms with Gasteiger partial charge in [-0.15, -0.1) is 0 Å². The Morgan fingerprint density at radius 3 is 1.60 bits per heavy atom. The SMILES string of the molecule is C/C=N/N(C(C)C)C(C)C. The third kappa shape index (κ3) is 2.85. The van der Waals surface area contributed by atoms with Gasteiger partial charge in [0.2, 0.25) is 0 Å². The van der Waals surface area contributed by atoms with Crippen LogP contribution in [-0.4, -0.2) is 23.3 Å². The van der Waals surface area contributed by atoms with E-state index in [0.717, 1.165) is 0 Å². The fourth-order valence-corrected chi connectivity index (χ4v) is 0.996. The topological polar surface area (TPSA) is 15.6 Å². The van der Waals surface area contributed by atoms with Gasteiger partial charge in [0.25, 0.3) is 0 Å². The normalized spacial score (nSPS) is 11.9. The summed E-state index contributed by atoms with van der Waals surface area (Å²) < 4.78 is 0. The summed E-state index contributed by atoms with van der Waals surface area (Å²) in [5.41, 5.74) is 0. The molecular weight excluding hydrogens is 124 g/mol. The van der Waals surface area contributed by atoms with Gasteiger partial charge in [0, 0.05) is 18.3 Å². The molecule has 0 atom stereocenters. The summed E-state index contributed by atoms with van der Waals surface area (Å²) in [6.45, 7) is 10.5. The van der Waals surface area contributed by atoms with Crippen LogP contribution in [-0.2, 0) is 0 Å². The van der Waals surface area contributed by atoms with Crippen LogP contribution in [0.1, 0.15) is 34.6 Å². The molecule has 60 valence electrons. The van der Waals surface area contributed by atoms with Gasteiger partial charge in [0.1, 0.15) is 0 Å². The molecule has 0 amide bonds. The van der Waals surface area contributed by atoms with Crippen LogP contribution in [0.25, 0.3) is 0 Å². The molecule has 2 nitrogen and oxygen atoms in total. The Morgan fingerprint density at radius 1 is 1.10 bits per heavy atom. The minimum absolute atomic E-state index is 0.496. The third-order valence-corrected chi connectivity index (χ3v) is 1.31. The summed E-state index contributed by atoms with van der Waals surface area (Å²) in [5, 5.41) is 6.31. The van der Waals surface area contributed by atoms with Crippen molar-refractivity contribution in [3.63, 3.8) is 0 Å². The molecule has 0 radical (unpaired) electrons. The summed E-state index contributed by atoms with van der Waals surface area (Å²) in [5.74, 6) is 0. The van der Waals surface area contributed by atoms with E-state index in [1.807, 2.05) is 13.1 Å². The minimum atomic E-state index is 0.496. The van der Waals surface area contributed by atoms with Crippen molar-refractivity contribution in [2.24, 2.45) is 5.10 Å². The molecule has 0 aromatic carbocycles. The molecule has 0 heterocycles. The highest BCUT2D eigenvalue weighted by atomic mass is 15.5. The number of nitrogens with zero attached hydrogens (tertiary/aromatic N) is 2. The van der Waals surface area contributed by atoms with E-state index in [-0.39, 0.29) is 0 Å². The van der Waals surface area contributed by atoms with E-state index >= 15 is 0 Å². The zero-order valence-corrected chi connectivity index (χ0v) is 7.63. The van der Waals surface area contributed by atoms with Crippen molar-refractivity contribution < 1.29 is 0 Å². The van der Waals surface area contributed by atoms with Crippen LogP contribution in [0.4, 0.5) is 0 Å². The summed E-state index contributed by atoms with van der Waals surface area (Å²) in [6.07, 6.45) is 1.83. The van der Waals surface area contributed by atoms with Gasteiger partial charge in [-0.25, -0.2) is 0 Å². The first-order valence-corrected chi connectivity index (χ1v) is 3.86. The highest BCUT2D eigenvalue weighted by Gasteiger charge is 2.07. The zero-order chi connectivity index (χ0) is 8.15. The molecular formula is C8H18N2. The van der Waals surface area contributed by atoms with E-state index in [0.29, 0.717) is 12.1 Å². The first-order valence-electron chi connectivity index (χ1n) is 3.86. The Bertz CT molecular complexity index is 97.8. The van der Waals surface area contributed by atoms with Gasteiger partial charge in [-0.1, -0.05) is 0 Å². The quantitative estimate of drug-likeness (QED) is 0.435. The van der Waals surface area contributed by atoms with Crippen LogP contribution in [0.5, 0.6) is 0 Å². The van der Waals surface area contributed by atoms with E-state index in [9.17, 15) is 0 Å². The first kappa shape index (κ1) is 9.47. The molecule has 0 saturated carbocycles. The van der Waals surface area contributed by atoms with Gasteiger partial charge in [0.05, 0.1) is 0 Å². The van der Waals surface area contributed by atoms with Crippen molar-refractivity contribution in [1.29, 1.82) is 0 Å². The van der Waals surface area contributed by atoms with E-state index < -0.39 is 0 Å². The molecule has 2 heteroatoms. The lowest BCUT2D eigenvalue weighted by Crippen LogP contribution is -2.31. The predicted octanol–water partition coefficient (Wildman–Crippen LogP) is 2.11. The maximum absolute atomic E-state index is 4.23. The van der Waals surface area contributed by atoms with Crippen molar-refractivity contribution in [1.82, 2.24) is 5.01 Å². The fraction of sp³-hybridized carbons (Fsp3) is 0.875. The predicted molar refractivity (Wildman–Crippen MR) is 46.3 cm³/mol. The van der Waals surface area contributed by atoms with Gasteiger partial charge in [-0.3, -0.25) is 5.01 Å². The Kier molecular flexibility index (Phi) is 4.08. The highest BCUT2D eigenvalue weighted by Crippen LogP contribution is 2.03. The molecule has 0 bridgehead atoms. The van der Waals surface area contributed by atoms with E-state index in [4.69, 9.17) is 0 Å². The molecule has 10 heavy (non-hydrogen) atoms. The smallest absolute Gasteiger partial charge is 0.0417 e. The second-order valence-corrected chi connectivity index (χ2v) is 2.94. The van der Waals surface area contributed by atoms with Gasteiger partial charge >= 0.3 is 0 Å². The molecule has 0 aromatic rings. The maximum Gasteiger partial charge on any atom is 0.0417 e.